The third-order valence-corrected chi connectivity index (χ3v) is 8.83. The summed E-state index contributed by atoms with van der Waals surface area (Å²) in [5, 5.41) is 25.9. The SMILES string of the molecule is O=C([O-])Cc1cc(-c2cccc(Cl)c2)c(-c2c(-c3cccc(Cl)c3)cc(CC(=O)[O-])cc2-c2cccc(Cl)c2)c(-c2cccc(Cl)c2)c1.[Na+].[Na+]. The number of rotatable bonds is 9. The molecule has 0 spiro atoms. The fraction of sp³-hybridized carbons (Fsp3) is 0.0500. The monoisotopic (exact) mass is 754 g/mol. The van der Waals surface area contributed by atoms with Crippen LogP contribution in [0.3, 0.4) is 0 Å². The average Bonchev–Trinajstić information content (AvgIpc) is 3.03. The van der Waals surface area contributed by atoms with Gasteiger partial charge in [-0.1, -0.05) is 119 Å². The van der Waals surface area contributed by atoms with Crippen molar-refractivity contribution >= 4 is 58.3 Å². The van der Waals surface area contributed by atoms with Crippen molar-refractivity contribution in [1.82, 2.24) is 0 Å². The van der Waals surface area contributed by atoms with Crippen LogP contribution in [0.1, 0.15) is 11.1 Å². The summed E-state index contributed by atoms with van der Waals surface area (Å²) in [5.74, 6) is -2.47. The summed E-state index contributed by atoms with van der Waals surface area (Å²) in [6, 6.07) is 36.5. The van der Waals surface area contributed by atoms with E-state index in [9.17, 15) is 19.8 Å². The van der Waals surface area contributed by atoms with E-state index in [0.29, 0.717) is 53.5 Å². The van der Waals surface area contributed by atoms with E-state index in [1.54, 1.807) is 24.3 Å². The summed E-state index contributed by atoms with van der Waals surface area (Å²) in [7, 11) is 0. The molecule has 6 rings (SSSR count). The van der Waals surface area contributed by atoms with Gasteiger partial charge < -0.3 is 19.8 Å². The van der Waals surface area contributed by atoms with E-state index >= 15 is 0 Å². The number of halogens is 4. The second kappa shape index (κ2) is 17.8. The van der Waals surface area contributed by atoms with Crippen LogP contribution in [0.15, 0.2) is 121 Å². The Labute approximate surface area is 354 Å². The molecule has 0 unspecified atom stereocenters. The molecule has 6 aromatic carbocycles. The van der Waals surface area contributed by atoms with Crippen LogP contribution in [-0.2, 0) is 22.4 Å². The van der Waals surface area contributed by atoms with E-state index in [1.807, 2.05) is 97.1 Å². The Morgan fingerprint density at radius 1 is 0.420 bits per heavy atom. The molecular weight excluding hydrogens is 732 g/mol. The molecule has 4 nitrogen and oxygen atoms in total. The first-order valence-electron chi connectivity index (χ1n) is 14.8. The molecule has 6 aromatic rings. The van der Waals surface area contributed by atoms with Crippen LogP contribution in [0.5, 0.6) is 0 Å². The van der Waals surface area contributed by atoms with Gasteiger partial charge in [0, 0.05) is 44.9 Å². The Balaban J connectivity index is 0.00000281. The van der Waals surface area contributed by atoms with E-state index < -0.39 is 11.9 Å². The topological polar surface area (TPSA) is 80.3 Å². The van der Waals surface area contributed by atoms with Crippen molar-refractivity contribution < 1.29 is 78.9 Å². The number of hydrogen-bond donors (Lipinski definition) is 0. The molecule has 0 fully saturated rings. The number of carboxylic acid groups (broad SMARTS) is 2. The van der Waals surface area contributed by atoms with E-state index in [1.165, 1.54) is 0 Å². The van der Waals surface area contributed by atoms with Crippen LogP contribution in [0.2, 0.25) is 20.1 Å². The van der Waals surface area contributed by atoms with Crippen LogP contribution in [-0.4, -0.2) is 11.9 Å². The van der Waals surface area contributed by atoms with Gasteiger partial charge in [0.1, 0.15) is 0 Å². The van der Waals surface area contributed by atoms with Crippen molar-refractivity contribution in [2.24, 2.45) is 0 Å². The van der Waals surface area contributed by atoms with Crippen molar-refractivity contribution in [2.75, 3.05) is 0 Å². The number of aliphatic carboxylic acids is 2. The Bertz CT molecular complexity index is 1930. The van der Waals surface area contributed by atoms with Crippen molar-refractivity contribution in [3.8, 4) is 55.6 Å². The first kappa shape index (κ1) is 40.2. The number of carbonyl (C=O) groups is 2. The van der Waals surface area contributed by atoms with Crippen LogP contribution >= 0.6 is 46.4 Å². The molecule has 0 saturated carbocycles. The molecule has 238 valence electrons. The van der Waals surface area contributed by atoms with Gasteiger partial charge in [0.2, 0.25) is 0 Å². The third-order valence-electron chi connectivity index (χ3n) is 7.89. The fourth-order valence-electron chi connectivity index (χ4n) is 6.01. The van der Waals surface area contributed by atoms with E-state index in [0.717, 1.165) is 33.4 Å². The van der Waals surface area contributed by atoms with Gasteiger partial charge in [-0.3, -0.25) is 0 Å². The number of carboxylic acids is 2. The van der Waals surface area contributed by atoms with Gasteiger partial charge in [-0.25, -0.2) is 0 Å². The molecule has 0 heterocycles. The zero-order chi connectivity index (χ0) is 33.9. The molecule has 0 N–H and O–H groups in total. The van der Waals surface area contributed by atoms with Crippen LogP contribution in [0.25, 0.3) is 55.6 Å². The van der Waals surface area contributed by atoms with Crippen LogP contribution in [0, 0.1) is 0 Å². The smallest absolute Gasteiger partial charge is 0.550 e. The maximum absolute atomic E-state index is 12.0. The third kappa shape index (κ3) is 9.44. The quantitative estimate of drug-likeness (QED) is 0.213. The first-order chi connectivity index (χ1) is 23.0. The summed E-state index contributed by atoms with van der Waals surface area (Å²) in [5.41, 5.74) is 8.13. The summed E-state index contributed by atoms with van der Waals surface area (Å²) in [6.45, 7) is 0. The minimum absolute atomic E-state index is 0. The van der Waals surface area contributed by atoms with E-state index in [2.05, 4.69) is 0 Å². The summed E-state index contributed by atoms with van der Waals surface area (Å²) in [6.07, 6.45) is -0.678. The van der Waals surface area contributed by atoms with Crippen molar-refractivity contribution in [1.29, 1.82) is 0 Å². The Hall–Kier alpha value is -2.58. The second-order valence-electron chi connectivity index (χ2n) is 11.3. The average molecular weight is 756 g/mol. The first-order valence-corrected chi connectivity index (χ1v) is 16.3. The predicted octanol–water partition coefficient (Wildman–Crippen LogP) is 3.23. The Kier molecular flexibility index (Phi) is 14.3. The van der Waals surface area contributed by atoms with Crippen molar-refractivity contribution in [2.45, 2.75) is 12.8 Å². The van der Waals surface area contributed by atoms with Gasteiger partial charge in [-0.2, -0.15) is 0 Å². The van der Waals surface area contributed by atoms with Crippen molar-refractivity contribution in [3.63, 3.8) is 0 Å². The van der Waals surface area contributed by atoms with Gasteiger partial charge >= 0.3 is 59.1 Å². The summed E-state index contributed by atoms with van der Waals surface area (Å²) in [4.78, 5) is 23.9. The molecule has 0 aliphatic rings. The minimum atomic E-state index is -1.23. The minimum Gasteiger partial charge on any atom is -0.550 e. The molecule has 10 heteroatoms. The molecule has 0 aliphatic heterocycles. The van der Waals surface area contributed by atoms with Gasteiger partial charge in [0.25, 0.3) is 0 Å². The Morgan fingerprint density at radius 3 is 0.860 bits per heavy atom. The maximum atomic E-state index is 12.0. The van der Waals surface area contributed by atoms with Gasteiger partial charge in [0.15, 0.2) is 0 Å². The molecule has 0 saturated heterocycles. The van der Waals surface area contributed by atoms with E-state index in [4.69, 9.17) is 46.4 Å². The molecule has 0 radical (unpaired) electrons. The molecule has 0 aliphatic carbocycles. The second-order valence-corrected chi connectivity index (χ2v) is 13.0. The van der Waals surface area contributed by atoms with Crippen molar-refractivity contribution in [3.05, 3.63) is 153 Å². The molecular formula is C40H24Cl4Na2O4. The molecule has 50 heavy (non-hydrogen) atoms. The van der Waals surface area contributed by atoms with Gasteiger partial charge in [-0.05, 0) is 115 Å². The Morgan fingerprint density at radius 2 is 0.660 bits per heavy atom. The van der Waals surface area contributed by atoms with Gasteiger partial charge in [-0.15, -0.1) is 0 Å². The zero-order valence-electron chi connectivity index (χ0n) is 27.1. The number of carbonyl (C=O) groups excluding carboxylic acids is 2. The largest absolute Gasteiger partial charge is 1.00 e. The fourth-order valence-corrected chi connectivity index (χ4v) is 6.78. The summed E-state index contributed by atoms with van der Waals surface area (Å²) >= 11 is 26.2. The summed E-state index contributed by atoms with van der Waals surface area (Å²) < 4.78 is 0. The normalized spacial score (nSPS) is 10.6. The maximum Gasteiger partial charge on any atom is 1.00 e. The molecule has 0 atom stereocenters. The predicted molar refractivity (Wildman–Crippen MR) is 191 cm³/mol. The van der Waals surface area contributed by atoms with Crippen LogP contribution in [0.4, 0.5) is 0 Å². The standard InChI is InChI=1S/C40H26Cl4O4.2Na/c41-29-9-1-5-25(19-29)33-13-23(17-37(45)46)14-34(26-6-2-10-30(42)20-26)39(33)40-35(27-7-3-11-31(43)21-27)15-24(18-38(47)48)16-36(40)28-8-4-12-32(44)22-28;;/h1-16,19-22H,17-18H2,(H,45,46)(H,47,48);;/q;2*+1/p-2. The molecule has 0 aromatic heterocycles. The molecule has 0 bridgehead atoms. The van der Waals surface area contributed by atoms with E-state index in [-0.39, 0.29) is 72.0 Å². The molecule has 0 amide bonds. The van der Waals surface area contributed by atoms with Gasteiger partial charge in [0.05, 0.1) is 0 Å². The van der Waals surface area contributed by atoms with Crippen LogP contribution < -0.4 is 69.3 Å². The number of hydrogen-bond acceptors (Lipinski definition) is 4. The zero-order valence-corrected chi connectivity index (χ0v) is 34.1. The number of benzene rings is 6.